The van der Waals surface area contributed by atoms with Crippen molar-refractivity contribution in [1.82, 2.24) is 10.6 Å². The number of nitrogens with one attached hydrogen (secondary N) is 2. The van der Waals surface area contributed by atoms with Gasteiger partial charge < -0.3 is 24.9 Å². The zero-order chi connectivity index (χ0) is 20.1. The summed E-state index contributed by atoms with van der Waals surface area (Å²) in [5.74, 6) is -0.0890. The van der Waals surface area contributed by atoms with Crippen molar-refractivity contribution in [2.45, 2.75) is 97.7 Å². The molecule has 2 rings (SSSR count). The molecule has 0 aromatic heterocycles. The highest BCUT2D eigenvalue weighted by Crippen LogP contribution is 2.27. The van der Waals surface area contributed by atoms with E-state index < -0.39 is 11.8 Å². The molecule has 2 aliphatic heterocycles. The monoisotopic (exact) mass is 383 g/mol. The van der Waals surface area contributed by atoms with Gasteiger partial charge in [-0.2, -0.15) is 0 Å². The Morgan fingerprint density at radius 2 is 2.07 bits per heavy atom. The quantitative estimate of drug-likeness (QED) is 0.640. The van der Waals surface area contributed by atoms with Crippen LogP contribution in [-0.2, 0) is 19.1 Å². The lowest BCUT2D eigenvalue weighted by molar-refractivity contribution is -0.171. The summed E-state index contributed by atoms with van der Waals surface area (Å²) < 4.78 is 11.6. The lowest BCUT2D eigenvalue weighted by Gasteiger charge is -2.30. The molecule has 0 aromatic rings. The zero-order valence-corrected chi connectivity index (χ0v) is 17.8. The molecule has 1 amide bonds. The van der Waals surface area contributed by atoms with E-state index in [2.05, 4.69) is 43.5 Å². The van der Waals surface area contributed by atoms with E-state index in [0.717, 1.165) is 38.0 Å². The number of oxime groups is 1. The minimum atomic E-state index is -0.668. The Bertz CT molecular complexity index is 527. The molecule has 7 nitrogen and oxygen atoms in total. The molecule has 1 saturated heterocycles. The van der Waals surface area contributed by atoms with Gasteiger partial charge in [0.25, 0.3) is 0 Å². The zero-order valence-electron chi connectivity index (χ0n) is 17.8. The summed E-state index contributed by atoms with van der Waals surface area (Å²) in [5, 5.41) is 10.5. The summed E-state index contributed by atoms with van der Waals surface area (Å²) in [4.78, 5) is 18.1. The van der Waals surface area contributed by atoms with Crippen LogP contribution in [0.5, 0.6) is 0 Å². The normalized spacial score (nSPS) is 24.9. The summed E-state index contributed by atoms with van der Waals surface area (Å²) in [7, 11) is 0. The summed E-state index contributed by atoms with van der Waals surface area (Å²) in [5.41, 5.74) is -0.0419. The van der Waals surface area contributed by atoms with Crippen LogP contribution in [0.15, 0.2) is 5.16 Å². The molecule has 0 radical (unpaired) electrons. The molecule has 2 aliphatic rings. The minimum Gasteiger partial charge on any atom is -0.370 e. The SMILES string of the molecule is CC[C@H](C)NC(C)(C)C(=O)NC1CC(C(C)(C)COC2CCCCO2)=NO1. The summed E-state index contributed by atoms with van der Waals surface area (Å²) in [6.45, 7) is 13.4. The maximum Gasteiger partial charge on any atom is 0.242 e. The van der Waals surface area contributed by atoms with Crippen LogP contribution in [0, 0.1) is 5.41 Å². The van der Waals surface area contributed by atoms with Crippen molar-refractivity contribution in [3.8, 4) is 0 Å². The summed E-state index contributed by atoms with van der Waals surface area (Å²) >= 11 is 0. The van der Waals surface area contributed by atoms with Gasteiger partial charge in [0, 0.05) is 24.5 Å². The molecule has 156 valence electrons. The molecule has 1 fully saturated rings. The Kier molecular flexibility index (Phi) is 7.65. The van der Waals surface area contributed by atoms with E-state index in [9.17, 15) is 4.79 Å². The molecule has 2 N–H and O–H groups in total. The van der Waals surface area contributed by atoms with E-state index in [1.807, 2.05) is 13.8 Å². The summed E-state index contributed by atoms with van der Waals surface area (Å²) in [6.07, 6.45) is 4.16. The molecular weight excluding hydrogens is 346 g/mol. The van der Waals surface area contributed by atoms with Crippen LogP contribution in [0.4, 0.5) is 0 Å². The Labute approximate surface area is 163 Å². The van der Waals surface area contributed by atoms with Crippen LogP contribution < -0.4 is 10.6 Å². The highest BCUT2D eigenvalue weighted by molar-refractivity contribution is 5.92. The first-order valence-electron chi connectivity index (χ1n) is 10.2. The second-order valence-corrected chi connectivity index (χ2v) is 8.88. The van der Waals surface area contributed by atoms with Crippen molar-refractivity contribution >= 4 is 11.6 Å². The van der Waals surface area contributed by atoms with Gasteiger partial charge in [0.1, 0.15) is 0 Å². The molecule has 2 unspecified atom stereocenters. The number of hydrogen-bond acceptors (Lipinski definition) is 6. The topological polar surface area (TPSA) is 81.2 Å². The van der Waals surface area contributed by atoms with Gasteiger partial charge in [-0.15, -0.1) is 0 Å². The largest absolute Gasteiger partial charge is 0.370 e. The Hall–Kier alpha value is -1.18. The van der Waals surface area contributed by atoms with Gasteiger partial charge in [0.15, 0.2) is 6.29 Å². The molecule has 0 saturated carbocycles. The van der Waals surface area contributed by atoms with Crippen molar-refractivity contribution in [3.05, 3.63) is 0 Å². The van der Waals surface area contributed by atoms with E-state index >= 15 is 0 Å². The van der Waals surface area contributed by atoms with E-state index in [4.69, 9.17) is 14.3 Å². The third-order valence-electron chi connectivity index (χ3n) is 5.30. The molecule has 0 aromatic carbocycles. The second kappa shape index (κ2) is 9.34. The van der Waals surface area contributed by atoms with Crippen molar-refractivity contribution < 1.29 is 19.1 Å². The third-order valence-corrected chi connectivity index (χ3v) is 5.30. The van der Waals surface area contributed by atoms with Gasteiger partial charge in [-0.3, -0.25) is 4.79 Å². The average molecular weight is 384 g/mol. The Balaban J connectivity index is 1.81. The molecule has 0 spiro atoms. The van der Waals surface area contributed by atoms with E-state index in [0.29, 0.717) is 13.0 Å². The Morgan fingerprint density at radius 1 is 1.33 bits per heavy atom. The van der Waals surface area contributed by atoms with Gasteiger partial charge in [-0.1, -0.05) is 25.9 Å². The van der Waals surface area contributed by atoms with Gasteiger partial charge in [0.05, 0.1) is 17.9 Å². The van der Waals surface area contributed by atoms with Crippen LogP contribution in [0.2, 0.25) is 0 Å². The number of hydrogen-bond donors (Lipinski definition) is 2. The maximum atomic E-state index is 12.6. The predicted octanol–water partition coefficient (Wildman–Crippen LogP) is 2.94. The van der Waals surface area contributed by atoms with Crippen LogP contribution in [-0.4, -0.2) is 48.9 Å². The van der Waals surface area contributed by atoms with Gasteiger partial charge >= 0.3 is 0 Å². The van der Waals surface area contributed by atoms with E-state index in [1.54, 1.807) is 0 Å². The lowest BCUT2D eigenvalue weighted by atomic mass is 9.86. The van der Waals surface area contributed by atoms with Crippen molar-refractivity contribution in [2.24, 2.45) is 10.6 Å². The second-order valence-electron chi connectivity index (χ2n) is 8.88. The van der Waals surface area contributed by atoms with Crippen LogP contribution in [0.25, 0.3) is 0 Å². The van der Waals surface area contributed by atoms with Crippen LogP contribution in [0.1, 0.15) is 73.6 Å². The van der Waals surface area contributed by atoms with Crippen molar-refractivity contribution in [2.75, 3.05) is 13.2 Å². The van der Waals surface area contributed by atoms with Gasteiger partial charge in [-0.25, -0.2) is 0 Å². The number of ether oxygens (including phenoxy) is 2. The summed E-state index contributed by atoms with van der Waals surface area (Å²) in [6, 6.07) is 0.264. The smallest absolute Gasteiger partial charge is 0.242 e. The first-order chi connectivity index (χ1) is 12.6. The number of carbonyl (C=O) groups excluding carboxylic acids is 1. The highest BCUT2D eigenvalue weighted by Gasteiger charge is 2.37. The predicted molar refractivity (Wildman–Crippen MR) is 105 cm³/mol. The molecule has 2 heterocycles. The van der Waals surface area contributed by atoms with Crippen LogP contribution >= 0.6 is 0 Å². The molecule has 0 bridgehead atoms. The molecule has 0 aliphatic carbocycles. The maximum absolute atomic E-state index is 12.6. The molecular formula is C20H37N3O4. The number of rotatable bonds is 9. The van der Waals surface area contributed by atoms with Crippen LogP contribution in [0.3, 0.4) is 0 Å². The first kappa shape index (κ1) is 22.1. The van der Waals surface area contributed by atoms with Crippen molar-refractivity contribution in [1.29, 1.82) is 0 Å². The van der Waals surface area contributed by atoms with Crippen molar-refractivity contribution in [3.63, 3.8) is 0 Å². The molecule has 7 heteroatoms. The third kappa shape index (κ3) is 6.43. The van der Waals surface area contributed by atoms with Gasteiger partial charge in [0.2, 0.25) is 12.1 Å². The van der Waals surface area contributed by atoms with E-state index in [1.165, 1.54) is 0 Å². The average Bonchev–Trinajstić information content (AvgIpc) is 3.10. The van der Waals surface area contributed by atoms with E-state index in [-0.39, 0.29) is 23.7 Å². The molecule has 27 heavy (non-hydrogen) atoms. The number of amides is 1. The first-order valence-corrected chi connectivity index (χ1v) is 10.2. The highest BCUT2D eigenvalue weighted by atomic mass is 16.7. The standard InChI is InChI=1S/C20H37N3O4/c1-7-14(2)22-20(5,6)18(24)21-16-12-15(23-27-16)19(3,4)13-26-17-10-8-9-11-25-17/h14,16-17,22H,7-13H2,1-6H3,(H,21,24)/t14-,16?,17?/m0/s1. The van der Waals surface area contributed by atoms with Gasteiger partial charge in [-0.05, 0) is 46.5 Å². The lowest BCUT2D eigenvalue weighted by Crippen LogP contribution is -2.57. The Morgan fingerprint density at radius 3 is 2.70 bits per heavy atom. The fraction of sp³-hybridized carbons (Fsp3) is 0.900. The fourth-order valence-electron chi connectivity index (χ4n) is 3.19. The fourth-order valence-corrected chi connectivity index (χ4v) is 3.19. The minimum absolute atomic E-state index is 0.0890. The number of carbonyl (C=O) groups is 1. The molecule has 3 atom stereocenters. The number of nitrogens with zero attached hydrogens (tertiary/aromatic N) is 1.